The van der Waals surface area contributed by atoms with Gasteiger partial charge in [-0.25, -0.2) is 14.6 Å². The first-order valence-corrected chi connectivity index (χ1v) is 7.19. The van der Waals surface area contributed by atoms with E-state index in [2.05, 4.69) is 15.6 Å². The fraction of sp³-hybridized carbons (Fsp3) is 0.500. The third-order valence-electron chi connectivity index (χ3n) is 3.17. The quantitative estimate of drug-likeness (QED) is 0.734. The van der Waals surface area contributed by atoms with Crippen molar-refractivity contribution in [2.24, 2.45) is 0 Å². The molecule has 3 amide bonds. The van der Waals surface area contributed by atoms with Gasteiger partial charge in [0.2, 0.25) is 5.91 Å². The predicted molar refractivity (Wildman–Crippen MR) is 75.2 cm³/mol. The van der Waals surface area contributed by atoms with E-state index in [1.54, 1.807) is 18.9 Å². The number of carbonyl (C=O) groups excluding carboxylic acids is 2. The Hall–Kier alpha value is -2.16. The van der Waals surface area contributed by atoms with Crippen LogP contribution >= 0.6 is 11.3 Å². The number of aromatic nitrogens is 1. The summed E-state index contributed by atoms with van der Waals surface area (Å²) in [5.41, 5.74) is 0.428. The van der Waals surface area contributed by atoms with Gasteiger partial charge >= 0.3 is 12.0 Å². The molecule has 2 heterocycles. The van der Waals surface area contributed by atoms with Crippen LogP contribution in [0, 0.1) is 6.92 Å². The summed E-state index contributed by atoms with van der Waals surface area (Å²) in [5, 5.41) is 14.6. The van der Waals surface area contributed by atoms with Crippen LogP contribution in [0.2, 0.25) is 0 Å². The van der Waals surface area contributed by atoms with Crippen LogP contribution in [0.1, 0.15) is 26.8 Å². The first-order valence-electron chi connectivity index (χ1n) is 6.37. The number of carbonyl (C=O) groups is 3. The third kappa shape index (κ3) is 3.48. The lowest BCUT2D eigenvalue weighted by Gasteiger charge is -2.12. The van der Waals surface area contributed by atoms with Gasteiger partial charge in [0.1, 0.15) is 15.9 Å². The summed E-state index contributed by atoms with van der Waals surface area (Å²) in [6.07, 6.45) is 0.586. The fourth-order valence-electron chi connectivity index (χ4n) is 2.05. The summed E-state index contributed by atoms with van der Waals surface area (Å²) in [4.78, 5) is 40.1. The minimum Gasteiger partial charge on any atom is -0.477 e. The average Bonchev–Trinajstić information content (AvgIpc) is 2.94. The second kappa shape index (κ2) is 6.08. The number of thiazole rings is 1. The number of rotatable bonds is 4. The minimum atomic E-state index is -1.03. The van der Waals surface area contributed by atoms with Crippen molar-refractivity contribution in [1.29, 1.82) is 0 Å². The second-order valence-electron chi connectivity index (χ2n) is 4.76. The predicted octanol–water partition coefficient (Wildman–Crippen LogP) is 0.180. The Morgan fingerprint density at radius 2 is 2.24 bits per heavy atom. The van der Waals surface area contributed by atoms with E-state index in [-0.39, 0.29) is 17.3 Å². The third-order valence-corrected chi connectivity index (χ3v) is 4.31. The Bertz CT molecular complexity index is 586. The SMILES string of the molecule is Cc1nc(CNC(=O)NC2CCN(C)C2=O)sc1C(=O)O. The van der Waals surface area contributed by atoms with Gasteiger partial charge in [-0.05, 0) is 13.3 Å². The molecule has 9 heteroatoms. The number of carboxylic acid groups (broad SMARTS) is 1. The lowest BCUT2D eigenvalue weighted by atomic mass is 10.2. The highest BCUT2D eigenvalue weighted by Gasteiger charge is 2.30. The maximum absolute atomic E-state index is 11.7. The Balaban J connectivity index is 1.85. The molecule has 0 aliphatic carbocycles. The number of nitrogens with one attached hydrogen (secondary N) is 2. The zero-order valence-electron chi connectivity index (χ0n) is 11.7. The maximum atomic E-state index is 11.7. The summed E-state index contributed by atoms with van der Waals surface area (Å²) in [5.74, 6) is -1.14. The molecule has 1 aliphatic rings. The van der Waals surface area contributed by atoms with Crippen LogP contribution in [0.25, 0.3) is 0 Å². The van der Waals surface area contributed by atoms with E-state index in [0.29, 0.717) is 23.7 Å². The highest BCUT2D eigenvalue weighted by molar-refractivity contribution is 7.13. The van der Waals surface area contributed by atoms with Crippen molar-refractivity contribution in [3.8, 4) is 0 Å². The molecule has 2 rings (SSSR count). The van der Waals surface area contributed by atoms with Gasteiger partial charge in [-0.1, -0.05) is 0 Å². The first kappa shape index (κ1) is 15.2. The fourth-order valence-corrected chi connectivity index (χ4v) is 2.89. The normalized spacial score (nSPS) is 17.9. The molecule has 1 aromatic heterocycles. The molecule has 3 N–H and O–H groups in total. The molecule has 8 nitrogen and oxygen atoms in total. The molecule has 1 aliphatic heterocycles. The lowest BCUT2D eigenvalue weighted by Crippen LogP contribution is -2.45. The molecule has 0 aromatic carbocycles. The largest absolute Gasteiger partial charge is 0.477 e. The Morgan fingerprint density at radius 1 is 1.52 bits per heavy atom. The minimum absolute atomic E-state index is 0.108. The van der Waals surface area contributed by atoms with Crippen LogP contribution in [-0.2, 0) is 11.3 Å². The molecule has 0 saturated carbocycles. The highest BCUT2D eigenvalue weighted by Crippen LogP contribution is 2.17. The van der Waals surface area contributed by atoms with Crippen LogP contribution in [-0.4, -0.2) is 52.5 Å². The van der Waals surface area contributed by atoms with E-state index >= 15 is 0 Å². The Morgan fingerprint density at radius 3 is 2.76 bits per heavy atom. The number of aryl methyl sites for hydroxylation is 1. The van der Waals surface area contributed by atoms with Gasteiger partial charge in [0.05, 0.1) is 12.2 Å². The van der Waals surface area contributed by atoms with Crippen LogP contribution in [0.5, 0.6) is 0 Å². The summed E-state index contributed by atoms with van der Waals surface area (Å²) < 4.78 is 0. The molecule has 1 aromatic rings. The first-order chi connectivity index (χ1) is 9.88. The zero-order valence-corrected chi connectivity index (χ0v) is 12.5. The van der Waals surface area contributed by atoms with Gasteiger partial charge < -0.3 is 20.6 Å². The van der Waals surface area contributed by atoms with E-state index in [4.69, 9.17) is 5.11 Å². The Kier molecular flexibility index (Phi) is 4.41. The van der Waals surface area contributed by atoms with Gasteiger partial charge in [0.15, 0.2) is 0 Å². The van der Waals surface area contributed by atoms with Crippen LogP contribution in [0.4, 0.5) is 4.79 Å². The molecular formula is C12H16N4O4S. The summed E-state index contributed by atoms with van der Waals surface area (Å²) >= 11 is 1.02. The van der Waals surface area contributed by atoms with Gasteiger partial charge in [0.25, 0.3) is 0 Å². The van der Waals surface area contributed by atoms with Crippen molar-refractivity contribution < 1.29 is 19.5 Å². The molecule has 1 unspecified atom stereocenters. The van der Waals surface area contributed by atoms with Crippen molar-refractivity contribution >= 4 is 29.2 Å². The average molecular weight is 312 g/mol. The summed E-state index contributed by atoms with van der Waals surface area (Å²) in [6, 6.07) is -0.962. The zero-order chi connectivity index (χ0) is 15.6. The Labute approximate surface area is 125 Å². The molecule has 114 valence electrons. The van der Waals surface area contributed by atoms with Crippen LogP contribution in [0.3, 0.4) is 0 Å². The van der Waals surface area contributed by atoms with Crippen LogP contribution < -0.4 is 10.6 Å². The molecule has 21 heavy (non-hydrogen) atoms. The smallest absolute Gasteiger partial charge is 0.347 e. The molecule has 1 saturated heterocycles. The number of hydrogen-bond donors (Lipinski definition) is 3. The van der Waals surface area contributed by atoms with Crippen molar-refractivity contribution in [3.63, 3.8) is 0 Å². The number of urea groups is 1. The van der Waals surface area contributed by atoms with Crippen molar-refractivity contribution in [3.05, 3.63) is 15.6 Å². The number of carboxylic acids is 1. The monoisotopic (exact) mass is 312 g/mol. The molecule has 0 spiro atoms. The summed E-state index contributed by atoms with van der Waals surface area (Å²) in [7, 11) is 1.69. The van der Waals surface area contributed by atoms with Gasteiger partial charge in [-0.2, -0.15) is 0 Å². The number of aromatic carboxylic acids is 1. The second-order valence-corrected chi connectivity index (χ2v) is 5.84. The maximum Gasteiger partial charge on any atom is 0.347 e. The number of amides is 3. The number of likely N-dealkylation sites (tertiary alicyclic amines) is 1. The van der Waals surface area contributed by atoms with Gasteiger partial charge in [-0.15, -0.1) is 11.3 Å². The van der Waals surface area contributed by atoms with Gasteiger partial charge in [0, 0.05) is 13.6 Å². The van der Waals surface area contributed by atoms with E-state index in [9.17, 15) is 14.4 Å². The highest BCUT2D eigenvalue weighted by atomic mass is 32.1. The molecule has 0 radical (unpaired) electrons. The summed E-state index contributed by atoms with van der Waals surface area (Å²) in [6.45, 7) is 2.36. The van der Waals surface area contributed by atoms with E-state index < -0.39 is 18.0 Å². The van der Waals surface area contributed by atoms with E-state index in [1.807, 2.05) is 0 Å². The van der Waals surface area contributed by atoms with Gasteiger partial charge in [-0.3, -0.25) is 4.79 Å². The number of likely N-dealkylation sites (N-methyl/N-ethyl adjacent to an activating group) is 1. The van der Waals surface area contributed by atoms with E-state index in [1.165, 1.54) is 0 Å². The van der Waals surface area contributed by atoms with Crippen LogP contribution in [0.15, 0.2) is 0 Å². The molecule has 1 fully saturated rings. The molecule has 0 bridgehead atoms. The van der Waals surface area contributed by atoms with Crippen molar-refractivity contribution in [1.82, 2.24) is 20.5 Å². The van der Waals surface area contributed by atoms with Crippen molar-refractivity contribution in [2.75, 3.05) is 13.6 Å². The topological polar surface area (TPSA) is 112 Å². The molecule has 1 atom stereocenters. The van der Waals surface area contributed by atoms with E-state index in [0.717, 1.165) is 11.3 Å². The molecular weight excluding hydrogens is 296 g/mol. The number of hydrogen-bond acceptors (Lipinski definition) is 5. The number of nitrogens with zero attached hydrogens (tertiary/aromatic N) is 2. The van der Waals surface area contributed by atoms with Crippen molar-refractivity contribution in [2.45, 2.75) is 25.9 Å². The standard InChI is InChI=1S/C12H16N4O4S/c1-6-9(11(18)19)21-8(14-6)5-13-12(20)15-7-3-4-16(2)10(7)17/h7H,3-5H2,1-2H3,(H,18,19)(H2,13,15,20). The lowest BCUT2D eigenvalue weighted by molar-refractivity contribution is -0.128.